The van der Waals surface area contributed by atoms with Crippen LogP contribution in [0.3, 0.4) is 0 Å². The third-order valence-electron chi connectivity index (χ3n) is 3.87. The van der Waals surface area contributed by atoms with Crippen LogP contribution in [-0.2, 0) is 0 Å². The fourth-order valence-corrected chi connectivity index (χ4v) is 2.73. The Kier molecular flexibility index (Phi) is 4.77. The van der Waals surface area contributed by atoms with Gasteiger partial charge in [-0.3, -0.25) is 14.9 Å². The van der Waals surface area contributed by atoms with Crippen LogP contribution in [0.4, 0.5) is 11.4 Å². The molecular formula is C15H21N3O3. The zero-order chi connectivity index (χ0) is 15.4. The van der Waals surface area contributed by atoms with Crippen LogP contribution in [0, 0.1) is 10.1 Å². The summed E-state index contributed by atoms with van der Waals surface area (Å²) < 4.78 is 0. The molecule has 1 aromatic carbocycles. The first-order valence-corrected chi connectivity index (χ1v) is 7.38. The molecule has 21 heavy (non-hydrogen) atoms. The number of nitrogens with one attached hydrogen (secondary N) is 1. The molecular weight excluding hydrogens is 270 g/mol. The number of rotatable bonds is 4. The van der Waals surface area contributed by atoms with E-state index in [0.29, 0.717) is 17.8 Å². The van der Waals surface area contributed by atoms with Gasteiger partial charge in [0.1, 0.15) is 5.69 Å². The number of nitro benzene ring substituents is 1. The average Bonchev–Trinajstić information content (AvgIpc) is 2.47. The number of amides is 1. The summed E-state index contributed by atoms with van der Waals surface area (Å²) in [4.78, 5) is 25.0. The first-order chi connectivity index (χ1) is 10.0. The van der Waals surface area contributed by atoms with E-state index in [1.165, 1.54) is 6.07 Å². The number of benzene rings is 1. The van der Waals surface area contributed by atoms with Crippen molar-refractivity contribution in [1.29, 1.82) is 0 Å². The van der Waals surface area contributed by atoms with Crippen LogP contribution in [0.15, 0.2) is 18.2 Å². The van der Waals surface area contributed by atoms with Crippen molar-refractivity contribution in [3.05, 3.63) is 33.9 Å². The summed E-state index contributed by atoms with van der Waals surface area (Å²) in [5.41, 5.74) is 0.906. The third-order valence-corrected chi connectivity index (χ3v) is 3.87. The number of nitrogens with zero attached hydrogens (tertiary/aromatic N) is 2. The second kappa shape index (κ2) is 6.56. The van der Waals surface area contributed by atoms with Crippen molar-refractivity contribution in [3.8, 4) is 0 Å². The maximum absolute atomic E-state index is 12.6. The molecule has 6 heteroatoms. The number of carbonyl (C=O) groups is 1. The van der Waals surface area contributed by atoms with Crippen molar-refractivity contribution < 1.29 is 9.72 Å². The smallest absolute Gasteiger partial charge is 0.292 e. The highest BCUT2D eigenvalue weighted by atomic mass is 16.6. The maximum atomic E-state index is 12.6. The standard InChI is InChI=1S/C15H21N3O3/c1-3-16-13-10-12(7-8-14(13)18(20)21)15(19)17-9-5-4-6-11(17)2/h7-8,10-11,16H,3-6,9H2,1-2H3. The van der Waals surface area contributed by atoms with E-state index in [0.717, 1.165) is 25.8 Å². The lowest BCUT2D eigenvalue weighted by molar-refractivity contribution is -0.384. The number of likely N-dealkylation sites (tertiary alicyclic amines) is 1. The van der Waals surface area contributed by atoms with Gasteiger partial charge in [-0.05, 0) is 45.2 Å². The van der Waals surface area contributed by atoms with Gasteiger partial charge in [0.2, 0.25) is 0 Å². The fraction of sp³-hybridized carbons (Fsp3) is 0.533. The molecule has 0 aliphatic carbocycles. The fourth-order valence-electron chi connectivity index (χ4n) is 2.73. The van der Waals surface area contributed by atoms with Crippen molar-refractivity contribution in [3.63, 3.8) is 0 Å². The molecule has 1 saturated heterocycles. The number of carbonyl (C=O) groups excluding carboxylic acids is 1. The average molecular weight is 291 g/mol. The highest BCUT2D eigenvalue weighted by molar-refractivity contribution is 5.96. The molecule has 1 aliphatic heterocycles. The van der Waals surface area contributed by atoms with E-state index < -0.39 is 4.92 Å². The quantitative estimate of drug-likeness (QED) is 0.683. The van der Waals surface area contributed by atoms with Crippen LogP contribution < -0.4 is 5.32 Å². The van der Waals surface area contributed by atoms with Gasteiger partial charge in [0.15, 0.2) is 0 Å². The first-order valence-electron chi connectivity index (χ1n) is 7.38. The summed E-state index contributed by atoms with van der Waals surface area (Å²) in [6.45, 7) is 5.24. The number of piperidine rings is 1. The monoisotopic (exact) mass is 291 g/mol. The minimum Gasteiger partial charge on any atom is -0.380 e. The summed E-state index contributed by atoms with van der Waals surface area (Å²) in [6, 6.07) is 4.76. The lowest BCUT2D eigenvalue weighted by Crippen LogP contribution is -2.42. The molecule has 0 aromatic heterocycles. The van der Waals surface area contributed by atoms with Gasteiger partial charge in [0.05, 0.1) is 4.92 Å². The molecule has 2 rings (SSSR count). The molecule has 114 valence electrons. The maximum Gasteiger partial charge on any atom is 0.292 e. The van der Waals surface area contributed by atoms with Gasteiger partial charge in [-0.2, -0.15) is 0 Å². The summed E-state index contributed by atoms with van der Waals surface area (Å²) >= 11 is 0. The number of nitro groups is 1. The van der Waals surface area contributed by atoms with Crippen LogP contribution in [-0.4, -0.2) is 34.9 Å². The third kappa shape index (κ3) is 3.32. The van der Waals surface area contributed by atoms with Crippen molar-refractivity contribution in [1.82, 2.24) is 4.90 Å². The van der Waals surface area contributed by atoms with E-state index in [9.17, 15) is 14.9 Å². The van der Waals surface area contributed by atoms with Crippen LogP contribution in [0.1, 0.15) is 43.5 Å². The van der Waals surface area contributed by atoms with Gasteiger partial charge in [-0.1, -0.05) is 0 Å². The molecule has 1 aromatic rings. The Bertz CT molecular complexity index is 545. The Morgan fingerprint density at radius 3 is 2.86 bits per heavy atom. The highest BCUT2D eigenvalue weighted by Crippen LogP contribution is 2.27. The number of anilines is 1. The second-order valence-corrected chi connectivity index (χ2v) is 5.36. The van der Waals surface area contributed by atoms with E-state index in [2.05, 4.69) is 5.32 Å². The topological polar surface area (TPSA) is 75.5 Å². The molecule has 0 bridgehead atoms. The van der Waals surface area contributed by atoms with E-state index in [-0.39, 0.29) is 17.6 Å². The predicted molar refractivity (Wildman–Crippen MR) is 81.6 cm³/mol. The lowest BCUT2D eigenvalue weighted by atomic mass is 10.0. The zero-order valence-electron chi connectivity index (χ0n) is 12.5. The summed E-state index contributed by atoms with van der Waals surface area (Å²) in [7, 11) is 0. The van der Waals surface area contributed by atoms with Crippen molar-refractivity contribution >= 4 is 17.3 Å². The van der Waals surface area contributed by atoms with Gasteiger partial charge in [-0.25, -0.2) is 0 Å². The summed E-state index contributed by atoms with van der Waals surface area (Å²) in [5.74, 6) is -0.0451. The van der Waals surface area contributed by atoms with Gasteiger partial charge < -0.3 is 10.2 Å². The minimum atomic E-state index is -0.435. The van der Waals surface area contributed by atoms with Crippen molar-refractivity contribution in [2.75, 3.05) is 18.4 Å². The van der Waals surface area contributed by atoms with Crippen molar-refractivity contribution in [2.24, 2.45) is 0 Å². The predicted octanol–water partition coefficient (Wildman–Crippen LogP) is 3.04. The first kappa shape index (κ1) is 15.3. The Labute approximate surface area is 124 Å². The highest BCUT2D eigenvalue weighted by Gasteiger charge is 2.25. The number of hydrogen-bond donors (Lipinski definition) is 1. The Morgan fingerprint density at radius 2 is 2.24 bits per heavy atom. The largest absolute Gasteiger partial charge is 0.380 e. The second-order valence-electron chi connectivity index (χ2n) is 5.36. The molecule has 0 saturated carbocycles. The summed E-state index contributed by atoms with van der Waals surface area (Å²) in [5, 5.41) is 14.0. The molecule has 0 spiro atoms. The van der Waals surface area contributed by atoms with Gasteiger partial charge in [0.25, 0.3) is 11.6 Å². The summed E-state index contributed by atoms with van der Waals surface area (Å²) in [6.07, 6.45) is 3.18. The van der Waals surface area contributed by atoms with E-state index in [1.54, 1.807) is 12.1 Å². The minimum absolute atomic E-state index is 0.0000858. The normalized spacial score (nSPS) is 18.4. The number of hydrogen-bond acceptors (Lipinski definition) is 4. The molecule has 1 amide bonds. The molecule has 1 N–H and O–H groups in total. The van der Waals surface area contributed by atoms with Crippen LogP contribution in [0.25, 0.3) is 0 Å². The van der Waals surface area contributed by atoms with Gasteiger partial charge in [0, 0.05) is 30.8 Å². The van der Waals surface area contributed by atoms with Crippen LogP contribution in [0.2, 0.25) is 0 Å². The van der Waals surface area contributed by atoms with Gasteiger partial charge >= 0.3 is 0 Å². The zero-order valence-corrected chi connectivity index (χ0v) is 12.5. The van der Waals surface area contributed by atoms with Gasteiger partial charge in [-0.15, -0.1) is 0 Å². The molecule has 6 nitrogen and oxygen atoms in total. The molecule has 1 unspecified atom stereocenters. The van der Waals surface area contributed by atoms with E-state index in [1.807, 2.05) is 18.7 Å². The SMILES string of the molecule is CCNc1cc(C(=O)N2CCCCC2C)ccc1[N+](=O)[O-]. The van der Waals surface area contributed by atoms with E-state index >= 15 is 0 Å². The molecule has 1 fully saturated rings. The van der Waals surface area contributed by atoms with Crippen molar-refractivity contribution in [2.45, 2.75) is 39.2 Å². The molecule has 1 aliphatic rings. The van der Waals surface area contributed by atoms with E-state index in [4.69, 9.17) is 0 Å². The van der Waals surface area contributed by atoms with Crippen LogP contribution in [0.5, 0.6) is 0 Å². The molecule has 1 heterocycles. The Morgan fingerprint density at radius 1 is 1.48 bits per heavy atom. The lowest BCUT2D eigenvalue weighted by Gasteiger charge is -2.33. The Hall–Kier alpha value is -2.11. The Balaban J connectivity index is 2.28. The molecule has 0 radical (unpaired) electrons. The molecule has 1 atom stereocenters. The van der Waals surface area contributed by atoms with Crippen LogP contribution >= 0.6 is 0 Å².